The molecule has 0 bridgehead atoms. The van der Waals surface area contributed by atoms with Crippen LogP contribution in [0.4, 0.5) is 0 Å². The predicted octanol–water partition coefficient (Wildman–Crippen LogP) is 1.14. The molecule has 3 nitrogen and oxygen atoms in total. The average Bonchev–Trinajstić information content (AvgIpc) is 2.58. The number of benzene rings is 2. The highest BCUT2D eigenvalue weighted by Gasteiger charge is 2.48. The predicted molar refractivity (Wildman–Crippen MR) is 86.5 cm³/mol. The second-order valence-corrected chi connectivity index (χ2v) is 6.41. The molecule has 2 aromatic rings. The van der Waals surface area contributed by atoms with Gasteiger partial charge in [0, 0.05) is 6.42 Å². The van der Waals surface area contributed by atoms with Crippen molar-refractivity contribution in [3.05, 3.63) is 71.8 Å². The molecule has 4 atom stereocenters. The van der Waals surface area contributed by atoms with Crippen LogP contribution in [0.2, 0.25) is 0 Å². The molecule has 0 radical (unpaired) electrons. The normalized spacial score (nSPS) is 30.0. The van der Waals surface area contributed by atoms with Crippen LogP contribution in [-0.2, 0) is 5.60 Å². The van der Waals surface area contributed by atoms with Gasteiger partial charge >= 0.3 is 0 Å². The lowest BCUT2D eigenvalue weighted by molar-refractivity contribution is -0.893. The van der Waals surface area contributed by atoms with Crippen molar-refractivity contribution in [2.45, 2.75) is 18.1 Å². The van der Waals surface area contributed by atoms with Gasteiger partial charge in [-0.05, 0) is 11.1 Å². The van der Waals surface area contributed by atoms with Crippen molar-refractivity contribution in [2.24, 2.45) is 5.92 Å². The van der Waals surface area contributed by atoms with Crippen LogP contribution in [0.15, 0.2) is 60.7 Å². The van der Waals surface area contributed by atoms with Crippen molar-refractivity contribution < 1.29 is 15.1 Å². The van der Waals surface area contributed by atoms with Crippen LogP contribution in [0, 0.1) is 5.92 Å². The number of hydrogen-bond acceptors (Lipinski definition) is 2. The standard InChI is InChI=1S/C19H23NO2/c1-20-13-12-19(22,16-10-6-3-7-11-16)17(14-20)18(21)15-8-4-2-5-9-15/h2-11,17-18,21-22H,12-14H2,1H3/p+1/t17-,18+,19-/m0/s1. The molecule has 116 valence electrons. The van der Waals surface area contributed by atoms with Crippen molar-refractivity contribution in [1.82, 2.24) is 0 Å². The highest BCUT2D eigenvalue weighted by Crippen LogP contribution is 2.40. The van der Waals surface area contributed by atoms with E-state index in [4.69, 9.17) is 0 Å². The average molecular weight is 298 g/mol. The van der Waals surface area contributed by atoms with Gasteiger partial charge in [0.25, 0.3) is 0 Å². The van der Waals surface area contributed by atoms with Gasteiger partial charge < -0.3 is 15.1 Å². The van der Waals surface area contributed by atoms with Gasteiger partial charge in [0.05, 0.1) is 32.2 Å². The van der Waals surface area contributed by atoms with Crippen molar-refractivity contribution in [2.75, 3.05) is 20.1 Å². The summed E-state index contributed by atoms with van der Waals surface area (Å²) in [6.07, 6.45) is -0.00104. The number of aliphatic hydroxyl groups is 2. The summed E-state index contributed by atoms with van der Waals surface area (Å²) in [6, 6.07) is 19.4. The summed E-state index contributed by atoms with van der Waals surface area (Å²) < 4.78 is 0. The van der Waals surface area contributed by atoms with Gasteiger partial charge in [-0.3, -0.25) is 0 Å². The largest absolute Gasteiger partial charge is 0.388 e. The number of rotatable bonds is 3. The third kappa shape index (κ3) is 2.80. The van der Waals surface area contributed by atoms with Gasteiger partial charge in [-0.25, -0.2) is 0 Å². The number of piperidine rings is 1. The van der Waals surface area contributed by atoms with E-state index in [1.165, 1.54) is 4.90 Å². The smallest absolute Gasteiger partial charge is 0.106 e. The van der Waals surface area contributed by atoms with E-state index >= 15 is 0 Å². The lowest BCUT2D eigenvalue weighted by atomic mass is 9.72. The Kier molecular flexibility index (Phi) is 4.30. The molecule has 0 spiro atoms. The minimum absolute atomic E-state index is 0.217. The SMILES string of the molecule is C[NH+]1CC[C@](O)(c2ccccc2)[C@H]([C@H](O)c2ccccc2)C1. The maximum absolute atomic E-state index is 11.4. The topological polar surface area (TPSA) is 44.9 Å². The molecule has 3 rings (SSSR count). The number of likely N-dealkylation sites (tertiary alicyclic amines) is 1. The highest BCUT2D eigenvalue weighted by molar-refractivity contribution is 5.27. The molecule has 1 unspecified atom stereocenters. The summed E-state index contributed by atoms with van der Waals surface area (Å²) >= 11 is 0. The summed E-state index contributed by atoms with van der Waals surface area (Å²) in [5, 5.41) is 22.3. The van der Waals surface area contributed by atoms with Crippen LogP contribution in [0.3, 0.4) is 0 Å². The first-order valence-corrected chi connectivity index (χ1v) is 7.93. The van der Waals surface area contributed by atoms with Gasteiger partial charge in [-0.15, -0.1) is 0 Å². The maximum atomic E-state index is 11.4. The van der Waals surface area contributed by atoms with Crippen molar-refractivity contribution in [1.29, 1.82) is 0 Å². The molecule has 0 saturated carbocycles. The molecule has 22 heavy (non-hydrogen) atoms. The monoisotopic (exact) mass is 298 g/mol. The number of hydrogen-bond donors (Lipinski definition) is 3. The lowest BCUT2D eigenvalue weighted by Crippen LogP contribution is -3.11. The summed E-state index contributed by atoms with van der Waals surface area (Å²) in [4.78, 5) is 1.35. The zero-order valence-corrected chi connectivity index (χ0v) is 12.9. The molecule has 2 aromatic carbocycles. The zero-order valence-electron chi connectivity index (χ0n) is 12.9. The van der Waals surface area contributed by atoms with Crippen LogP contribution < -0.4 is 4.90 Å². The third-order valence-electron chi connectivity index (χ3n) is 4.91. The molecule has 1 aliphatic heterocycles. The molecular formula is C19H24NO2+. The second kappa shape index (κ2) is 6.21. The number of quaternary nitrogens is 1. The fourth-order valence-corrected chi connectivity index (χ4v) is 3.58. The number of aliphatic hydroxyl groups excluding tert-OH is 1. The van der Waals surface area contributed by atoms with E-state index in [1.807, 2.05) is 60.7 Å². The van der Waals surface area contributed by atoms with Crippen molar-refractivity contribution in [3.8, 4) is 0 Å². The van der Waals surface area contributed by atoms with Crippen LogP contribution in [0.1, 0.15) is 23.7 Å². The minimum Gasteiger partial charge on any atom is -0.388 e. The third-order valence-corrected chi connectivity index (χ3v) is 4.91. The Balaban J connectivity index is 1.97. The molecular weight excluding hydrogens is 274 g/mol. The first-order valence-electron chi connectivity index (χ1n) is 7.93. The van der Waals surface area contributed by atoms with E-state index in [0.29, 0.717) is 6.42 Å². The van der Waals surface area contributed by atoms with Crippen LogP contribution in [0.25, 0.3) is 0 Å². The first kappa shape index (κ1) is 15.2. The summed E-state index contributed by atoms with van der Waals surface area (Å²) in [5.41, 5.74) is 0.801. The highest BCUT2D eigenvalue weighted by atomic mass is 16.3. The molecule has 0 amide bonds. The molecule has 0 aromatic heterocycles. The first-order chi connectivity index (χ1) is 10.6. The van der Waals surface area contributed by atoms with Crippen LogP contribution >= 0.6 is 0 Å². The molecule has 1 fully saturated rings. The minimum atomic E-state index is -0.976. The molecule has 0 aliphatic carbocycles. The number of nitrogens with one attached hydrogen (secondary N) is 1. The summed E-state index contributed by atoms with van der Waals surface area (Å²) in [7, 11) is 2.12. The van der Waals surface area contributed by atoms with Crippen LogP contribution in [-0.4, -0.2) is 30.4 Å². The van der Waals surface area contributed by atoms with E-state index in [0.717, 1.165) is 24.2 Å². The van der Waals surface area contributed by atoms with Gasteiger partial charge in [-0.2, -0.15) is 0 Å². The van der Waals surface area contributed by atoms with Crippen molar-refractivity contribution in [3.63, 3.8) is 0 Å². The van der Waals surface area contributed by atoms with E-state index < -0.39 is 11.7 Å². The molecule has 1 saturated heterocycles. The molecule has 3 N–H and O–H groups in total. The van der Waals surface area contributed by atoms with Crippen molar-refractivity contribution >= 4 is 0 Å². The summed E-state index contributed by atoms with van der Waals surface area (Å²) in [5.74, 6) is -0.217. The van der Waals surface area contributed by atoms with Gasteiger partial charge in [0.15, 0.2) is 0 Å². The quantitative estimate of drug-likeness (QED) is 0.796. The van der Waals surface area contributed by atoms with E-state index in [1.54, 1.807) is 0 Å². The molecule has 3 heteroatoms. The van der Waals surface area contributed by atoms with E-state index in [-0.39, 0.29) is 5.92 Å². The second-order valence-electron chi connectivity index (χ2n) is 6.41. The van der Waals surface area contributed by atoms with E-state index in [2.05, 4.69) is 7.05 Å². The van der Waals surface area contributed by atoms with Crippen LogP contribution in [0.5, 0.6) is 0 Å². The maximum Gasteiger partial charge on any atom is 0.106 e. The van der Waals surface area contributed by atoms with Gasteiger partial charge in [-0.1, -0.05) is 60.7 Å². The summed E-state index contributed by atoms with van der Waals surface area (Å²) in [6.45, 7) is 1.66. The fraction of sp³-hybridized carbons (Fsp3) is 0.368. The fourth-order valence-electron chi connectivity index (χ4n) is 3.58. The molecule has 1 heterocycles. The Bertz CT molecular complexity index is 601. The zero-order chi connectivity index (χ0) is 15.6. The van der Waals surface area contributed by atoms with Gasteiger partial charge in [0.1, 0.15) is 5.60 Å². The Labute approximate surface area is 131 Å². The Morgan fingerprint density at radius 2 is 1.64 bits per heavy atom. The Morgan fingerprint density at radius 1 is 1.05 bits per heavy atom. The molecule has 1 aliphatic rings. The lowest BCUT2D eigenvalue weighted by Gasteiger charge is -2.44. The van der Waals surface area contributed by atoms with Gasteiger partial charge in [0.2, 0.25) is 0 Å². The Morgan fingerprint density at radius 3 is 2.27 bits per heavy atom. The van der Waals surface area contributed by atoms with E-state index in [9.17, 15) is 10.2 Å². The Hall–Kier alpha value is -1.68.